The van der Waals surface area contributed by atoms with Crippen LogP contribution in [0.4, 0.5) is 0 Å². The number of aliphatic hydroxyl groups excluding tert-OH is 1. The van der Waals surface area contributed by atoms with Gasteiger partial charge in [-0.1, -0.05) is 31.2 Å². The first-order valence-corrected chi connectivity index (χ1v) is 9.21. The largest absolute Gasteiger partial charge is 0.392 e. The molecule has 1 saturated heterocycles. The van der Waals surface area contributed by atoms with Crippen LogP contribution in [0.3, 0.4) is 0 Å². The van der Waals surface area contributed by atoms with Gasteiger partial charge in [0.1, 0.15) is 0 Å². The van der Waals surface area contributed by atoms with Gasteiger partial charge < -0.3 is 15.7 Å². The van der Waals surface area contributed by atoms with Crippen LogP contribution in [0.25, 0.3) is 10.4 Å². The predicted molar refractivity (Wildman–Crippen MR) is 95.9 cm³/mol. The van der Waals surface area contributed by atoms with Gasteiger partial charge in [-0.25, -0.2) is 4.98 Å². The zero-order chi connectivity index (χ0) is 17.1. The van der Waals surface area contributed by atoms with Crippen molar-refractivity contribution in [3.8, 4) is 10.4 Å². The smallest absolute Gasteiger partial charge is 0.237 e. The Morgan fingerprint density at radius 2 is 2.21 bits per heavy atom. The minimum atomic E-state index is -0.428. The highest BCUT2D eigenvalue weighted by atomic mass is 32.1. The lowest BCUT2D eigenvalue weighted by Crippen LogP contribution is -2.41. The molecule has 1 aromatic heterocycles. The summed E-state index contributed by atoms with van der Waals surface area (Å²) in [5, 5.41) is 15.6. The normalized spacial score (nSPS) is 21.6. The third kappa shape index (κ3) is 3.66. The van der Waals surface area contributed by atoms with Crippen LogP contribution in [0.1, 0.15) is 37.6 Å². The molecule has 1 aromatic carbocycles. The number of β-amino-alcohol motifs (C(OH)–C–C–N with tert-alkyl or cyclic N) is 1. The van der Waals surface area contributed by atoms with Crippen molar-refractivity contribution in [3.63, 3.8) is 0 Å². The monoisotopic (exact) mass is 345 g/mol. The van der Waals surface area contributed by atoms with E-state index in [4.69, 9.17) is 0 Å². The van der Waals surface area contributed by atoms with E-state index in [9.17, 15) is 9.90 Å². The van der Waals surface area contributed by atoms with Crippen molar-refractivity contribution < 1.29 is 9.90 Å². The SMILES string of the molecule is CCc1ncsc1-c1ccc([C@H](C)NC(=O)C2CC(O)CN2)cc1. The molecule has 0 bridgehead atoms. The number of carbonyl (C=O) groups excluding carboxylic acids is 1. The van der Waals surface area contributed by atoms with Crippen LogP contribution in [-0.2, 0) is 11.2 Å². The van der Waals surface area contributed by atoms with Crippen LogP contribution in [0.5, 0.6) is 0 Å². The first-order valence-electron chi connectivity index (χ1n) is 8.33. The maximum absolute atomic E-state index is 12.2. The Hall–Kier alpha value is -1.76. The Morgan fingerprint density at radius 3 is 2.83 bits per heavy atom. The molecule has 3 rings (SSSR count). The molecule has 0 aliphatic carbocycles. The molecule has 1 amide bonds. The third-order valence-electron chi connectivity index (χ3n) is 4.43. The van der Waals surface area contributed by atoms with Crippen molar-refractivity contribution >= 4 is 17.2 Å². The molecule has 5 nitrogen and oxygen atoms in total. The van der Waals surface area contributed by atoms with Crippen LogP contribution in [0.15, 0.2) is 29.8 Å². The van der Waals surface area contributed by atoms with E-state index in [2.05, 4.69) is 46.8 Å². The highest BCUT2D eigenvalue weighted by molar-refractivity contribution is 7.13. The van der Waals surface area contributed by atoms with Gasteiger partial charge in [0, 0.05) is 6.54 Å². The summed E-state index contributed by atoms with van der Waals surface area (Å²) in [6.07, 6.45) is 0.971. The molecule has 6 heteroatoms. The molecule has 1 aliphatic rings. The highest BCUT2D eigenvalue weighted by Gasteiger charge is 2.28. The summed E-state index contributed by atoms with van der Waals surface area (Å²) in [6.45, 7) is 4.57. The van der Waals surface area contributed by atoms with E-state index in [0.29, 0.717) is 13.0 Å². The molecule has 1 aliphatic heterocycles. The molecule has 0 spiro atoms. The van der Waals surface area contributed by atoms with Gasteiger partial charge in [-0.3, -0.25) is 4.79 Å². The molecule has 24 heavy (non-hydrogen) atoms. The average molecular weight is 345 g/mol. The minimum Gasteiger partial charge on any atom is -0.392 e. The Labute approximate surface area is 146 Å². The first kappa shape index (κ1) is 17.1. The second-order valence-electron chi connectivity index (χ2n) is 6.18. The zero-order valence-corrected chi connectivity index (χ0v) is 14.8. The number of benzene rings is 1. The maximum atomic E-state index is 12.2. The van der Waals surface area contributed by atoms with Crippen molar-refractivity contribution in [2.24, 2.45) is 0 Å². The Kier molecular flexibility index (Phi) is 5.28. The number of thiazole rings is 1. The van der Waals surface area contributed by atoms with Crippen LogP contribution in [0, 0.1) is 0 Å². The summed E-state index contributed by atoms with van der Waals surface area (Å²) in [4.78, 5) is 17.8. The number of amides is 1. The number of aryl methyl sites for hydroxylation is 1. The number of aliphatic hydroxyl groups is 1. The van der Waals surface area contributed by atoms with Gasteiger partial charge in [0.05, 0.1) is 34.3 Å². The molecule has 2 heterocycles. The second-order valence-corrected chi connectivity index (χ2v) is 7.04. The van der Waals surface area contributed by atoms with Gasteiger partial charge in [-0.05, 0) is 30.9 Å². The fraction of sp³-hybridized carbons (Fsp3) is 0.444. The molecule has 2 unspecified atom stereocenters. The molecule has 0 saturated carbocycles. The van der Waals surface area contributed by atoms with E-state index in [0.717, 1.165) is 23.2 Å². The number of carbonyl (C=O) groups is 1. The van der Waals surface area contributed by atoms with E-state index < -0.39 is 6.10 Å². The average Bonchev–Trinajstić information content (AvgIpc) is 3.23. The summed E-state index contributed by atoms with van der Waals surface area (Å²) in [5.41, 5.74) is 5.24. The molecule has 0 radical (unpaired) electrons. The van der Waals surface area contributed by atoms with Crippen molar-refractivity contribution in [3.05, 3.63) is 41.0 Å². The molecule has 128 valence electrons. The van der Waals surface area contributed by atoms with Crippen LogP contribution >= 0.6 is 11.3 Å². The summed E-state index contributed by atoms with van der Waals surface area (Å²) in [7, 11) is 0. The van der Waals surface area contributed by atoms with E-state index in [1.807, 2.05) is 12.4 Å². The van der Waals surface area contributed by atoms with Crippen molar-refractivity contribution in [2.45, 2.75) is 44.9 Å². The first-order chi connectivity index (χ1) is 11.6. The van der Waals surface area contributed by atoms with Gasteiger partial charge in [-0.2, -0.15) is 0 Å². The zero-order valence-electron chi connectivity index (χ0n) is 14.0. The highest BCUT2D eigenvalue weighted by Crippen LogP contribution is 2.29. The quantitative estimate of drug-likeness (QED) is 0.777. The number of aromatic nitrogens is 1. The standard InChI is InChI=1S/C18H23N3O2S/c1-3-15-17(24-10-20-15)13-6-4-12(5-7-13)11(2)21-18(23)16-8-14(22)9-19-16/h4-7,10-11,14,16,19,22H,3,8-9H2,1-2H3,(H,21,23)/t11-,14?,16?/m0/s1. The molecular formula is C18H23N3O2S. The fourth-order valence-corrected chi connectivity index (χ4v) is 3.88. The molecule has 3 atom stereocenters. The van der Waals surface area contributed by atoms with Crippen LogP contribution in [-0.4, -0.2) is 34.7 Å². The number of nitrogens with one attached hydrogen (secondary N) is 2. The molecule has 3 N–H and O–H groups in total. The number of rotatable bonds is 5. The van der Waals surface area contributed by atoms with Gasteiger partial charge >= 0.3 is 0 Å². The van der Waals surface area contributed by atoms with E-state index in [1.165, 1.54) is 4.88 Å². The lowest BCUT2D eigenvalue weighted by molar-refractivity contribution is -0.123. The number of hydrogen-bond acceptors (Lipinski definition) is 5. The lowest BCUT2D eigenvalue weighted by atomic mass is 10.0. The van der Waals surface area contributed by atoms with E-state index in [-0.39, 0.29) is 18.0 Å². The van der Waals surface area contributed by atoms with Crippen molar-refractivity contribution in [2.75, 3.05) is 6.54 Å². The lowest BCUT2D eigenvalue weighted by Gasteiger charge is -2.18. The number of hydrogen-bond donors (Lipinski definition) is 3. The Balaban J connectivity index is 1.65. The molecular weight excluding hydrogens is 322 g/mol. The summed E-state index contributed by atoms with van der Waals surface area (Å²) >= 11 is 1.66. The maximum Gasteiger partial charge on any atom is 0.237 e. The Bertz CT molecular complexity index is 699. The second kappa shape index (κ2) is 7.42. The van der Waals surface area contributed by atoms with Crippen LogP contribution < -0.4 is 10.6 Å². The number of nitrogens with zero attached hydrogens (tertiary/aromatic N) is 1. The van der Waals surface area contributed by atoms with Gasteiger partial charge in [-0.15, -0.1) is 11.3 Å². The summed E-state index contributed by atoms with van der Waals surface area (Å²) < 4.78 is 0. The molecule has 2 aromatic rings. The predicted octanol–water partition coefficient (Wildman–Crippen LogP) is 2.27. The van der Waals surface area contributed by atoms with Gasteiger partial charge in [0.2, 0.25) is 5.91 Å². The summed E-state index contributed by atoms with van der Waals surface area (Å²) in [5.74, 6) is -0.0566. The Morgan fingerprint density at radius 1 is 1.46 bits per heavy atom. The van der Waals surface area contributed by atoms with Crippen LogP contribution in [0.2, 0.25) is 0 Å². The topological polar surface area (TPSA) is 74.2 Å². The van der Waals surface area contributed by atoms with E-state index >= 15 is 0 Å². The van der Waals surface area contributed by atoms with Gasteiger partial charge in [0.25, 0.3) is 0 Å². The van der Waals surface area contributed by atoms with Crippen molar-refractivity contribution in [1.82, 2.24) is 15.6 Å². The van der Waals surface area contributed by atoms with E-state index in [1.54, 1.807) is 11.3 Å². The third-order valence-corrected chi connectivity index (χ3v) is 5.35. The van der Waals surface area contributed by atoms with Gasteiger partial charge in [0.15, 0.2) is 0 Å². The molecule has 1 fully saturated rings. The summed E-state index contributed by atoms with van der Waals surface area (Å²) in [6, 6.07) is 7.90. The minimum absolute atomic E-state index is 0.0566. The fourth-order valence-electron chi connectivity index (χ4n) is 2.99. The van der Waals surface area contributed by atoms with Crippen molar-refractivity contribution in [1.29, 1.82) is 0 Å².